The lowest BCUT2D eigenvalue weighted by Gasteiger charge is -2.35. The Hall–Kier alpha value is -2.55. The monoisotopic (exact) mass is 442 g/mol. The summed E-state index contributed by atoms with van der Waals surface area (Å²) in [5.41, 5.74) is 3.85. The Kier molecular flexibility index (Phi) is 8.96. The van der Waals surface area contributed by atoms with Crippen LogP contribution in [-0.2, 0) is 20.7 Å². The Balaban J connectivity index is 1.98. The summed E-state index contributed by atoms with van der Waals surface area (Å²) in [5.74, 6) is -0.269. The molecule has 2 aromatic rings. The van der Waals surface area contributed by atoms with Gasteiger partial charge in [-0.25, -0.2) is 9.97 Å². The molecule has 2 atom stereocenters. The molecule has 0 spiro atoms. The van der Waals surface area contributed by atoms with E-state index < -0.39 is 5.97 Å². The van der Waals surface area contributed by atoms with Gasteiger partial charge in [0.2, 0.25) is 0 Å². The number of ether oxygens (including phenoxy) is 2. The molecule has 32 heavy (non-hydrogen) atoms. The molecule has 3 rings (SSSR count). The highest BCUT2D eigenvalue weighted by Crippen LogP contribution is 2.35. The standard InChI is InChI=1S/C24H34N4O4/c1-4-22(28-8-10-32-11-9-28)20-7-6-17(18(16-31-3)13-24(29)30)12-21(20)27-19-14-25-23(5-2)26-15-19/h6-7,12,14-15,18,22,27H,4-5,8-11,13,16H2,1-3H3,(H,29,30)/t18-,22+/m1/s1. The van der Waals surface area contributed by atoms with E-state index in [0.717, 1.165) is 61.9 Å². The van der Waals surface area contributed by atoms with Gasteiger partial charge in [-0.05, 0) is 23.6 Å². The van der Waals surface area contributed by atoms with Gasteiger partial charge in [0.1, 0.15) is 5.82 Å². The lowest BCUT2D eigenvalue weighted by Crippen LogP contribution is -2.39. The Bertz CT molecular complexity index is 869. The molecule has 0 amide bonds. The average Bonchev–Trinajstić information content (AvgIpc) is 2.81. The maximum Gasteiger partial charge on any atom is 0.304 e. The zero-order valence-corrected chi connectivity index (χ0v) is 19.2. The quantitative estimate of drug-likeness (QED) is 0.543. The van der Waals surface area contributed by atoms with Crippen molar-refractivity contribution >= 4 is 17.3 Å². The first-order valence-corrected chi connectivity index (χ1v) is 11.3. The van der Waals surface area contributed by atoms with E-state index in [9.17, 15) is 9.90 Å². The summed E-state index contributed by atoms with van der Waals surface area (Å²) in [4.78, 5) is 22.7. The zero-order chi connectivity index (χ0) is 22.9. The summed E-state index contributed by atoms with van der Waals surface area (Å²) < 4.78 is 10.9. The number of rotatable bonds is 11. The molecular formula is C24H34N4O4. The number of hydrogen-bond donors (Lipinski definition) is 2. The Morgan fingerprint density at radius 2 is 1.97 bits per heavy atom. The summed E-state index contributed by atoms with van der Waals surface area (Å²) in [6.45, 7) is 7.81. The van der Waals surface area contributed by atoms with Crippen LogP contribution in [0.5, 0.6) is 0 Å². The minimum Gasteiger partial charge on any atom is -0.481 e. The number of aromatic nitrogens is 2. The number of morpholine rings is 1. The van der Waals surface area contributed by atoms with Crippen LogP contribution in [0.2, 0.25) is 0 Å². The van der Waals surface area contributed by atoms with Gasteiger partial charge in [-0.15, -0.1) is 0 Å². The SMILES string of the molecule is CCc1ncc(Nc2cc([C@@H](COC)CC(=O)O)ccc2[C@H](CC)N2CCOCC2)cn1. The second-order valence-corrected chi connectivity index (χ2v) is 8.04. The Morgan fingerprint density at radius 1 is 1.25 bits per heavy atom. The molecular weight excluding hydrogens is 408 g/mol. The number of aryl methyl sites for hydroxylation is 1. The average molecular weight is 443 g/mol. The molecule has 1 fully saturated rings. The Labute approximate surface area is 190 Å². The highest BCUT2D eigenvalue weighted by Gasteiger charge is 2.25. The summed E-state index contributed by atoms with van der Waals surface area (Å²) in [7, 11) is 1.60. The lowest BCUT2D eigenvalue weighted by molar-refractivity contribution is -0.137. The first kappa shape index (κ1) is 24.1. The van der Waals surface area contributed by atoms with Crippen LogP contribution in [0.25, 0.3) is 0 Å². The largest absolute Gasteiger partial charge is 0.481 e. The predicted molar refractivity (Wildman–Crippen MR) is 123 cm³/mol. The summed E-state index contributed by atoms with van der Waals surface area (Å²) in [6, 6.07) is 6.44. The second kappa shape index (κ2) is 11.9. The van der Waals surface area contributed by atoms with E-state index in [-0.39, 0.29) is 18.4 Å². The summed E-state index contributed by atoms with van der Waals surface area (Å²) in [5, 5.41) is 12.9. The van der Waals surface area contributed by atoms with Crippen LogP contribution in [0.3, 0.4) is 0 Å². The zero-order valence-electron chi connectivity index (χ0n) is 19.2. The normalized spacial score (nSPS) is 16.5. The van der Waals surface area contributed by atoms with E-state index in [2.05, 4.69) is 39.2 Å². The highest BCUT2D eigenvalue weighted by molar-refractivity contribution is 5.69. The van der Waals surface area contributed by atoms with Crippen LogP contribution in [0.4, 0.5) is 11.4 Å². The maximum absolute atomic E-state index is 11.4. The molecule has 1 aromatic heterocycles. The molecule has 1 aliphatic heterocycles. The number of carboxylic acids is 1. The second-order valence-electron chi connectivity index (χ2n) is 8.04. The van der Waals surface area contributed by atoms with Crippen molar-refractivity contribution in [3.8, 4) is 0 Å². The number of methoxy groups -OCH3 is 1. The van der Waals surface area contributed by atoms with Gasteiger partial charge in [0.05, 0.1) is 44.3 Å². The van der Waals surface area contributed by atoms with Gasteiger partial charge >= 0.3 is 5.97 Å². The van der Waals surface area contributed by atoms with E-state index >= 15 is 0 Å². The van der Waals surface area contributed by atoms with Gasteiger partial charge in [0.25, 0.3) is 0 Å². The van der Waals surface area contributed by atoms with Crippen LogP contribution in [0, 0.1) is 0 Å². The third-order valence-corrected chi connectivity index (χ3v) is 5.87. The number of benzene rings is 1. The lowest BCUT2D eigenvalue weighted by atomic mass is 9.91. The van der Waals surface area contributed by atoms with Crippen molar-refractivity contribution in [3.05, 3.63) is 47.5 Å². The number of aliphatic carboxylic acids is 1. The van der Waals surface area contributed by atoms with Crippen LogP contribution >= 0.6 is 0 Å². The third-order valence-electron chi connectivity index (χ3n) is 5.87. The van der Waals surface area contributed by atoms with Gasteiger partial charge < -0.3 is 19.9 Å². The van der Waals surface area contributed by atoms with Crippen molar-refractivity contribution in [2.45, 2.75) is 45.1 Å². The molecule has 2 heterocycles. The number of nitrogens with zero attached hydrogens (tertiary/aromatic N) is 3. The molecule has 1 saturated heterocycles. The molecule has 1 aromatic carbocycles. The van der Waals surface area contributed by atoms with Crippen LogP contribution in [0.15, 0.2) is 30.6 Å². The third kappa shape index (κ3) is 6.25. The fraction of sp³-hybridized carbons (Fsp3) is 0.542. The highest BCUT2D eigenvalue weighted by atomic mass is 16.5. The van der Waals surface area contributed by atoms with Crippen LogP contribution in [-0.4, -0.2) is 66.0 Å². The number of hydrogen-bond acceptors (Lipinski definition) is 7. The number of carbonyl (C=O) groups is 1. The molecule has 0 bridgehead atoms. The van der Waals surface area contributed by atoms with Crippen molar-refractivity contribution in [2.24, 2.45) is 0 Å². The van der Waals surface area contributed by atoms with Gasteiger partial charge in [-0.1, -0.05) is 26.0 Å². The molecule has 0 saturated carbocycles. The van der Waals surface area contributed by atoms with Gasteiger partial charge in [0.15, 0.2) is 0 Å². The molecule has 8 nitrogen and oxygen atoms in total. The Morgan fingerprint density at radius 3 is 2.56 bits per heavy atom. The van der Waals surface area contributed by atoms with Crippen molar-refractivity contribution < 1.29 is 19.4 Å². The number of anilines is 2. The van der Waals surface area contributed by atoms with E-state index in [1.807, 2.05) is 13.0 Å². The van der Waals surface area contributed by atoms with Gasteiger partial charge in [-0.2, -0.15) is 0 Å². The van der Waals surface area contributed by atoms with Gasteiger partial charge in [-0.3, -0.25) is 9.69 Å². The van der Waals surface area contributed by atoms with Crippen molar-refractivity contribution in [1.82, 2.24) is 14.9 Å². The molecule has 2 N–H and O–H groups in total. The van der Waals surface area contributed by atoms with Crippen molar-refractivity contribution in [1.29, 1.82) is 0 Å². The molecule has 0 unspecified atom stereocenters. The molecule has 8 heteroatoms. The predicted octanol–water partition coefficient (Wildman–Crippen LogP) is 3.77. The van der Waals surface area contributed by atoms with Crippen LogP contribution < -0.4 is 5.32 Å². The van der Waals surface area contributed by atoms with E-state index in [4.69, 9.17) is 9.47 Å². The number of carboxylic acid groups (broad SMARTS) is 1. The van der Waals surface area contributed by atoms with Crippen molar-refractivity contribution in [3.63, 3.8) is 0 Å². The first-order valence-electron chi connectivity index (χ1n) is 11.3. The molecule has 1 aliphatic rings. The summed E-state index contributed by atoms with van der Waals surface area (Å²) >= 11 is 0. The molecule has 174 valence electrons. The van der Waals surface area contributed by atoms with E-state index in [0.29, 0.717) is 6.61 Å². The fourth-order valence-electron chi connectivity index (χ4n) is 4.23. The van der Waals surface area contributed by atoms with E-state index in [1.165, 1.54) is 5.56 Å². The molecule has 0 radical (unpaired) electrons. The van der Waals surface area contributed by atoms with Crippen LogP contribution in [0.1, 0.15) is 55.6 Å². The molecule has 0 aliphatic carbocycles. The fourth-order valence-corrected chi connectivity index (χ4v) is 4.23. The smallest absolute Gasteiger partial charge is 0.304 e. The topological polar surface area (TPSA) is 96.8 Å². The minimum absolute atomic E-state index is 0.0155. The minimum atomic E-state index is -0.839. The van der Waals surface area contributed by atoms with E-state index in [1.54, 1.807) is 19.5 Å². The summed E-state index contributed by atoms with van der Waals surface area (Å²) in [6.07, 6.45) is 5.34. The van der Waals surface area contributed by atoms with Crippen molar-refractivity contribution in [2.75, 3.05) is 45.3 Å². The number of nitrogens with one attached hydrogen (secondary N) is 1. The first-order chi connectivity index (χ1) is 15.5. The van der Waals surface area contributed by atoms with Gasteiger partial charge in [0, 0.05) is 44.3 Å². The maximum atomic E-state index is 11.4.